The van der Waals surface area contributed by atoms with Gasteiger partial charge in [-0.25, -0.2) is 0 Å². The van der Waals surface area contributed by atoms with Gasteiger partial charge >= 0.3 is 0 Å². The molecule has 27 heavy (non-hydrogen) atoms. The number of benzene rings is 2. The number of hydrogen-bond acceptors (Lipinski definition) is 2. The molecule has 0 saturated carbocycles. The molecule has 0 aliphatic heterocycles. The SMILES string of the molecule is CCN(CC(=O)Nc1cc(Cl)ccc1C)C(=O)C[NH+](C)Cc1ccccc1. The molecule has 0 radical (unpaired) electrons. The molecule has 0 aromatic heterocycles. The maximum Gasteiger partial charge on any atom is 0.278 e. The van der Waals surface area contributed by atoms with Gasteiger partial charge in [0.15, 0.2) is 6.54 Å². The fourth-order valence-electron chi connectivity index (χ4n) is 2.85. The summed E-state index contributed by atoms with van der Waals surface area (Å²) in [4.78, 5) is 27.6. The molecule has 1 atom stereocenters. The monoisotopic (exact) mass is 388 g/mol. The second-order valence-corrected chi connectivity index (χ2v) is 7.15. The van der Waals surface area contributed by atoms with Gasteiger partial charge in [-0.15, -0.1) is 0 Å². The van der Waals surface area contributed by atoms with E-state index in [4.69, 9.17) is 11.6 Å². The van der Waals surface area contributed by atoms with Gasteiger partial charge in [-0.1, -0.05) is 48.0 Å². The van der Waals surface area contributed by atoms with Crippen molar-refractivity contribution in [1.82, 2.24) is 4.90 Å². The molecular formula is C21H27ClN3O2+. The Morgan fingerprint density at radius 1 is 1.15 bits per heavy atom. The third kappa shape index (κ3) is 6.70. The quantitative estimate of drug-likeness (QED) is 0.728. The lowest BCUT2D eigenvalue weighted by atomic mass is 10.2. The highest BCUT2D eigenvalue weighted by Gasteiger charge is 2.20. The first-order valence-corrected chi connectivity index (χ1v) is 9.45. The van der Waals surface area contributed by atoms with Crippen molar-refractivity contribution in [2.24, 2.45) is 0 Å². The van der Waals surface area contributed by atoms with Crippen LogP contribution in [0.4, 0.5) is 5.69 Å². The van der Waals surface area contributed by atoms with Gasteiger partial charge < -0.3 is 15.1 Å². The average Bonchev–Trinajstić information content (AvgIpc) is 2.63. The minimum absolute atomic E-state index is 0.0277. The van der Waals surface area contributed by atoms with Crippen molar-refractivity contribution in [2.75, 3.05) is 32.0 Å². The fourth-order valence-corrected chi connectivity index (χ4v) is 3.02. The van der Waals surface area contributed by atoms with Crippen molar-refractivity contribution in [3.63, 3.8) is 0 Å². The molecule has 0 spiro atoms. The van der Waals surface area contributed by atoms with Crippen LogP contribution in [-0.4, -0.2) is 43.4 Å². The molecule has 2 amide bonds. The number of nitrogens with zero attached hydrogens (tertiary/aromatic N) is 1. The van der Waals surface area contributed by atoms with E-state index < -0.39 is 0 Å². The lowest BCUT2D eigenvalue weighted by Gasteiger charge is -2.22. The van der Waals surface area contributed by atoms with Crippen LogP contribution >= 0.6 is 11.6 Å². The molecule has 2 rings (SSSR count). The maximum atomic E-state index is 12.6. The van der Waals surface area contributed by atoms with Crippen molar-refractivity contribution in [2.45, 2.75) is 20.4 Å². The van der Waals surface area contributed by atoms with Crippen LogP contribution in [0.25, 0.3) is 0 Å². The van der Waals surface area contributed by atoms with E-state index in [0.29, 0.717) is 23.8 Å². The maximum absolute atomic E-state index is 12.6. The Morgan fingerprint density at radius 3 is 2.52 bits per heavy atom. The molecule has 0 aliphatic rings. The highest BCUT2D eigenvalue weighted by Crippen LogP contribution is 2.20. The van der Waals surface area contributed by atoms with Gasteiger partial charge in [0, 0.05) is 22.8 Å². The Bertz CT molecular complexity index is 780. The van der Waals surface area contributed by atoms with Crippen LogP contribution in [0.1, 0.15) is 18.1 Å². The number of likely N-dealkylation sites (N-methyl/N-ethyl adjacent to an activating group) is 2. The predicted molar refractivity (Wildman–Crippen MR) is 109 cm³/mol. The molecule has 6 heteroatoms. The summed E-state index contributed by atoms with van der Waals surface area (Å²) in [6.07, 6.45) is 0. The van der Waals surface area contributed by atoms with Crippen LogP contribution < -0.4 is 10.2 Å². The van der Waals surface area contributed by atoms with E-state index in [1.165, 1.54) is 5.56 Å². The first-order valence-electron chi connectivity index (χ1n) is 9.08. The Balaban J connectivity index is 1.90. The van der Waals surface area contributed by atoms with Crippen molar-refractivity contribution in [3.05, 3.63) is 64.7 Å². The van der Waals surface area contributed by atoms with E-state index in [-0.39, 0.29) is 18.4 Å². The number of anilines is 1. The summed E-state index contributed by atoms with van der Waals surface area (Å²) < 4.78 is 0. The first kappa shape index (κ1) is 20.9. The molecule has 2 N–H and O–H groups in total. The van der Waals surface area contributed by atoms with Gasteiger partial charge in [0.25, 0.3) is 5.91 Å². The van der Waals surface area contributed by atoms with Gasteiger partial charge in [-0.2, -0.15) is 0 Å². The largest absolute Gasteiger partial charge is 0.329 e. The van der Waals surface area contributed by atoms with Crippen LogP contribution in [0.5, 0.6) is 0 Å². The summed E-state index contributed by atoms with van der Waals surface area (Å²) in [7, 11) is 1.98. The lowest BCUT2D eigenvalue weighted by molar-refractivity contribution is -0.885. The zero-order valence-corrected chi connectivity index (χ0v) is 16.8. The third-order valence-electron chi connectivity index (χ3n) is 4.34. The standard InChI is InChI=1S/C21H26ClN3O2/c1-4-25(14-20(26)23-19-12-18(22)11-10-16(19)2)21(27)15-24(3)13-17-8-6-5-7-9-17/h5-12H,4,13-15H2,1-3H3,(H,23,26)/p+1. The molecule has 1 unspecified atom stereocenters. The minimum Gasteiger partial charge on any atom is -0.329 e. The summed E-state index contributed by atoms with van der Waals surface area (Å²) in [5.41, 5.74) is 2.78. The number of nitrogens with one attached hydrogen (secondary N) is 2. The Kier molecular flexibility index (Phi) is 7.82. The van der Waals surface area contributed by atoms with Crippen molar-refractivity contribution >= 4 is 29.1 Å². The van der Waals surface area contributed by atoms with Crippen molar-refractivity contribution in [1.29, 1.82) is 0 Å². The second-order valence-electron chi connectivity index (χ2n) is 6.71. The topological polar surface area (TPSA) is 53.9 Å². The van der Waals surface area contributed by atoms with E-state index in [0.717, 1.165) is 17.0 Å². The van der Waals surface area contributed by atoms with E-state index in [1.54, 1.807) is 17.0 Å². The molecule has 0 heterocycles. The Labute approximate surface area is 165 Å². The summed E-state index contributed by atoms with van der Waals surface area (Å²) in [5.74, 6) is -0.264. The minimum atomic E-state index is -0.226. The number of hydrogen-bond donors (Lipinski definition) is 2. The molecular weight excluding hydrogens is 362 g/mol. The van der Waals surface area contributed by atoms with Gasteiger partial charge in [-0.05, 0) is 31.5 Å². The van der Waals surface area contributed by atoms with E-state index in [1.807, 2.05) is 57.3 Å². The molecule has 5 nitrogen and oxygen atoms in total. The summed E-state index contributed by atoms with van der Waals surface area (Å²) in [6, 6.07) is 15.4. The van der Waals surface area contributed by atoms with Crippen molar-refractivity contribution < 1.29 is 14.5 Å². The van der Waals surface area contributed by atoms with E-state index >= 15 is 0 Å². The molecule has 0 fully saturated rings. The van der Waals surface area contributed by atoms with Crippen LogP contribution in [0, 0.1) is 6.92 Å². The molecule has 0 bridgehead atoms. The number of aryl methyl sites for hydroxylation is 1. The number of halogens is 1. The smallest absolute Gasteiger partial charge is 0.278 e. The molecule has 0 saturated heterocycles. The van der Waals surface area contributed by atoms with Gasteiger partial charge in [-0.3, -0.25) is 9.59 Å². The summed E-state index contributed by atoms with van der Waals surface area (Å²) in [6.45, 7) is 5.39. The van der Waals surface area contributed by atoms with Gasteiger partial charge in [0.2, 0.25) is 5.91 Å². The zero-order valence-electron chi connectivity index (χ0n) is 16.1. The highest BCUT2D eigenvalue weighted by molar-refractivity contribution is 6.31. The summed E-state index contributed by atoms with van der Waals surface area (Å²) in [5, 5.41) is 3.40. The Morgan fingerprint density at radius 2 is 1.85 bits per heavy atom. The van der Waals surface area contributed by atoms with Gasteiger partial charge in [0.1, 0.15) is 13.1 Å². The first-order chi connectivity index (χ1) is 12.9. The zero-order chi connectivity index (χ0) is 19.8. The van der Waals surface area contributed by atoms with E-state index in [2.05, 4.69) is 5.32 Å². The molecule has 2 aromatic carbocycles. The van der Waals surface area contributed by atoms with Crippen molar-refractivity contribution in [3.8, 4) is 0 Å². The fraction of sp³-hybridized carbons (Fsp3) is 0.333. The Hall–Kier alpha value is -2.37. The van der Waals surface area contributed by atoms with E-state index in [9.17, 15) is 9.59 Å². The molecule has 144 valence electrons. The van der Waals surface area contributed by atoms with Gasteiger partial charge in [0.05, 0.1) is 7.05 Å². The molecule has 2 aromatic rings. The van der Waals surface area contributed by atoms with Crippen LogP contribution in [-0.2, 0) is 16.1 Å². The normalized spacial score (nSPS) is 11.7. The number of amides is 2. The molecule has 0 aliphatic carbocycles. The number of quaternary nitrogens is 1. The van der Waals surface area contributed by atoms with Crippen LogP contribution in [0.15, 0.2) is 48.5 Å². The van der Waals surface area contributed by atoms with Crippen LogP contribution in [0.2, 0.25) is 5.02 Å². The average molecular weight is 389 g/mol. The lowest BCUT2D eigenvalue weighted by Crippen LogP contribution is -3.08. The highest BCUT2D eigenvalue weighted by atomic mass is 35.5. The number of carbonyl (C=O) groups is 2. The second kappa shape index (κ2) is 10.1. The number of rotatable bonds is 8. The van der Waals surface area contributed by atoms with Crippen LogP contribution in [0.3, 0.4) is 0 Å². The summed E-state index contributed by atoms with van der Waals surface area (Å²) >= 11 is 5.99. The number of carbonyl (C=O) groups excluding carboxylic acids is 2. The predicted octanol–water partition coefficient (Wildman–Crippen LogP) is 2.15. The third-order valence-corrected chi connectivity index (χ3v) is 4.58.